The lowest BCUT2D eigenvalue weighted by Crippen LogP contribution is -1.98. The predicted molar refractivity (Wildman–Crippen MR) is 73.6 cm³/mol. The van der Waals surface area contributed by atoms with Crippen LogP contribution in [-0.4, -0.2) is 5.71 Å². The molecule has 2 rings (SSSR count). The normalized spacial score (nSPS) is 13.1. The van der Waals surface area contributed by atoms with E-state index in [9.17, 15) is 0 Å². The van der Waals surface area contributed by atoms with Crippen molar-refractivity contribution in [2.45, 2.75) is 12.5 Å². The average molecular weight is 259 g/mol. The van der Waals surface area contributed by atoms with Crippen LogP contribution in [0.1, 0.15) is 23.6 Å². The summed E-state index contributed by atoms with van der Waals surface area (Å²) in [5.74, 6) is 0. The van der Waals surface area contributed by atoms with Gasteiger partial charge in [0, 0.05) is 5.56 Å². The molecule has 0 aliphatic rings. The van der Waals surface area contributed by atoms with Crippen LogP contribution in [0, 0.1) is 6.07 Å². The van der Waals surface area contributed by atoms with Crippen molar-refractivity contribution in [3.8, 4) is 0 Å². The van der Waals surface area contributed by atoms with Crippen molar-refractivity contribution >= 4 is 17.3 Å². The van der Waals surface area contributed by atoms with E-state index in [2.05, 4.69) is 11.2 Å². The Labute approximate surface area is 112 Å². The molecular formula is C15H13ClNO. The summed E-state index contributed by atoms with van der Waals surface area (Å²) in [6.45, 7) is 1.87. The van der Waals surface area contributed by atoms with Crippen molar-refractivity contribution in [3.63, 3.8) is 0 Å². The highest BCUT2D eigenvalue weighted by Gasteiger charge is 2.07. The largest absolute Gasteiger partial charge is 0.371 e. The summed E-state index contributed by atoms with van der Waals surface area (Å²) in [5, 5.41) is 4.04. The number of hydrogen-bond donors (Lipinski definition) is 0. The van der Waals surface area contributed by atoms with Gasteiger partial charge in [0.2, 0.25) is 5.56 Å². The molecule has 3 heteroatoms. The summed E-state index contributed by atoms with van der Waals surface area (Å²) in [5.41, 5.74) is 2.05. The van der Waals surface area contributed by atoms with Crippen LogP contribution in [0.3, 0.4) is 0 Å². The van der Waals surface area contributed by atoms with E-state index < -0.39 is 5.56 Å². The minimum atomic E-state index is -0.575. The van der Waals surface area contributed by atoms with E-state index in [1.54, 1.807) is 0 Å². The third-order valence-corrected chi connectivity index (χ3v) is 2.80. The second-order valence-electron chi connectivity index (χ2n) is 3.80. The summed E-state index contributed by atoms with van der Waals surface area (Å²) in [7, 11) is 0. The Bertz CT molecular complexity index is 511. The van der Waals surface area contributed by atoms with Crippen molar-refractivity contribution < 1.29 is 4.84 Å². The van der Waals surface area contributed by atoms with Gasteiger partial charge in [-0.15, -0.1) is 0 Å². The Balaban J connectivity index is 2.03. The predicted octanol–water partition coefficient (Wildman–Crippen LogP) is 4.16. The molecule has 0 N–H and O–H groups in total. The zero-order valence-corrected chi connectivity index (χ0v) is 10.8. The summed E-state index contributed by atoms with van der Waals surface area (Å²) in [6.07, 6.45) is 0. The van der Waals surface area contributed by atoms with Crippen LogP contribution in [0.15, 0.2) is 59.8 Å². The molecule has 0 saturated heterocycles. The van der Waals surface area contributed by atoms with Gasteiger partial charge < -0.3 is 4.84 Å². The van der Waals surface area contributed by atoms with E-state index in [4.69, 9.17) is 16.4 Å². The number of benzene rings is 2. The number of alkyl halides is 1. The van der Waals surface area contributed by atoms with Gasteiger partial charge in [-0.25, -0.2) is 0 Å². The number of halogens is 1. The third-order valence-electron chi connectivity index (χ3n) is 2.47. The Morgan fingerprint density at radius 3 is 2.67 bits per heavy atom. The fourth-order valence-corrected chi connectivity index (χ4v) is 1.65. The van der Waals surface area contributed by atoms with Crippen LogP contribution < -0.4 is 0 Å². The lowest BCUT2D eigenvalue weighted by Gasteiger charge is -2.08. The van der Waals surface area contributed by atoms with Crippen LogP contribution in [0.25, 0.3) is 0 Å². The monoisotopic (exact) mass is 258 g/mol. The Morgan fingerprint density at radius 1 is 1.22 bits per heavy atom. The van der Waals surface area contributed by atoms with Crippen LogP contribution in [0.2, 0.25) is 0 Å². The number of oxime groups is 1. The quantitative estimate of drug-likeness (QED) is 0.458. The van der Waals surface area contributed by atoms with E-state index in [-0.39, 0.29) is 0 Å². The van der Waals surface area contributed by atoms with Gasteiger partial charge in [-0.05, 0) is 24.6 Å². The topological polar surface area (TPSA) is 21.6 Å². The zero-order valence-electron chi connectivity index (χ0n) is 10.0. The van der Waals surface area contributed by atoms with Crippen molar-refractivity contribution in [1.82, 2.24) is 0 Å². The molecule has 2 aromatic carbocycles. The molecule has 0 heterocycles. The van der Waals surface area contributed by atoms with E-state index in [0.29, 0.717) is 0 Å². The molecule has 0 amide bonds. The summed E-state index contributed by atoms with van der Waals surface area (Å²) in [6, 6.07) is 20.1. The molecule has 2 nitrogen and oxygen atoms in total. The van der Waals surface area contributed by atoms with Crippen LogP contribution >= 0.6 is 11.6 Å². The zero-order chi connectivity index (χ0) is 12.8. The Hall–Kier alpha value is -1.80. The van der Waals surface area contributed by atoms with Gasteiger partial charge in [-0.3, -0.25) is 0 Å². The van der Waals surface area contributed by atoms with Gasteiger partial charge in [0.1, 0.15) is 0 Å². The van der Waals surface area contributed by atoms with Crippen molar-refractivity contribution in [3.05, 3.63) is 71.8 Å². The SMILES string of the molecule is CC(=NOC(Cl)c1ccccc1)c1c[c]ccc1. The molecule has 2 aromatic rings. The first-order valence-corrected chi connectivity index (χ1v) is 6.07. The minimum Gasteiger partial charge on any atom is -0.371 e. The molecule has 0 aliphatic heterocycles. The average Bonchev–Trinajstić information content (AvgIpc) is 2.46. The van der Waals surface area contributed by atoms with Gasteiger partial charge in [0.05, 0.1) is 5.71 Å². The fourth-order valence-electron chi connectivity index (χ4n) is 1.46. The Morgan fingerprint density at radius 2 is 2.00 bits per heavy atom. The summed E-state index contributed by atoms with van der Waals surface area (Å²) < 4.78 is 0. The number of nitrogens with zero attached hydrogens (tertiary/aromatic N) is 1. The molecule has 0 spiro atoms. The van der Waals surface area contributed by atoms with Gasteiger partial charge in [-0.1, -0.05) is 65.3 Å². The fraction of sp³-hybridized carbons (Fsp3) is 0.133. The lowest BCUT2D eigenvalue weighted by molar-refractivity contribution is 0.117. The maximum atomic E-state index is 6.10. The highest BCUT2D eigenvalue weighted by molar-refractivity contribution is 6.19. The molecule has 0 fully saturated rings. The second-order valence-corrected chi connectivity index (χ2v) is 4.20. The van der Waals surface area contributed by atoms with E-state index in [1.165, 1.54) is 0 Å². The van der Waals surface area contributed by atoms with Crippen molar-refractivity contribution in [2.24, 2.45) is 5.16 Å². The highest BCUT2D eigenvalue weighted by atomic mass is 35.5. The van der Waals surface area contributed by atoms with Crippen LogP contribution in [0.4, 0.5) is 0 Å². The van der Waals surface area contributed by atoms with Crippen molar-refractivity contribution in [2.75, 3.05) is 0 Å². The first-order valence-electron chi connectivity index (χ1n) is 5.63. The highest BCUT2D eigenvalue weighted by Crippen LogP contribution is 2.21. The molecule has 1 unspecified atom stereocenters. The molecule has 1 atom stereocenters. The number of hydrogen-bond acceptors (Lipinski definition) is 2. The molecule has 1 radical (unpaired) electrons. The van der Waals surface area contributed by atoms with Gasteiger partial charge in [-0.2, -0.15) is 0 Å². The minimum absolute atomic E-state index is 0.575. The first-order chi connectivity index (χ1) is 8.77. The molecular weight excluding hydrogens is 246 g/mol. The van der Waals surface area contributed by atoms with Crippen LogP contribution in [-0.2, 0) is 4.84 Å². The molecule has 0 aromatic heterocycles. The lowest BCUT2D eigenvalue weighted by atomic mass is 10.1. The standard InChI is InChI=1S/C15H13ClNO/c1-12(13-8-4-2-5-9-13)17-18-15(16)14-10-6-3-7-11-14/h2-4,6-11,15H,1H3. The third kappa shape index (κ3) is 3.34. The van der Waals surface area contributed by atoms with E-state index in [1.807, 2.05) is 61.5 Å². The smallest absolute Gasteiger partial charge is 0.225 e. The maximum Gasteiger partial charge on any atom is 0.225 e. The van der Waals surface area contributed by atoms with E-state index >= 15 is 0 Å². The summed E-state index contributed by atoms with van der Waals surface area (Å²) >= 11 is 6.10. The molecule has 91 valence electrons. The molecule has 0 aliphatic carbocycles. The number of rotatable bonds is 4. The summed E-state index contributed by atoms with van der Waals surface area (Å²) in [4.78, 5) is 5.28. The second kappa shape index (κ2) is 6.22. The maximum absolute atomic E-state index is 6.10. The van der Waals surface area contributed by atoms with Gasteiger partial charge >= 0.3 is 0 Å². The molecule has 0 bridgehead atoms. The van der Waals surface area contributed by atoms with Gasteiger partial charge in [0.15, 0.2) is 0 Å². The van der Waals surface area contributed by atoms with Crippen molar-refractivity contribution in [1.29, 1.82) is 0 Å². The van der Waals surface area contributed by atoms with Gasteiger partial charge in [0.25, 0.3) is 0 Å². The molecule has 18 heavy (non-hydrogen) atoms. The Kier molecular flexibility index (Phi) is 4.37. The van der Waals surface area contributed by atoms with E-state index in [0.717, 1.165) is 16.8 Å². The molecule has 0 saturated carbocycles. The first kappa shape index (κ1) is 12.7. The van der Waals surface area contributed by atoms with Crippen LogP contribution in [0.5, 0.6) is 0 Å².